The zero-order valence-corrected chi connectivity index (χ0v) is 11.1. The van der Waals surface area contributed by atoms with Gasteiger partial charge in [0.25, 0.3) is 0 Å². The Morgan fingerprint density at radius 1 is 1.25 bits per heavy atom. The van der Waals surface area contributed by atoms with Crippen LogP contribution in [0.3, 0.4) is 0 Å². The van der Waals surface area contributed by atoms with Gasteiger partial charge in [0.1, 0.15) is 11.5 Å². The fourth-order valence-corrected chi connectivity index (χ4v) is 2.21. The van der Waals surface area contributed by atoms with Crippen LogP contribution in [0.2, 0.25) is 0 Å². The summed E-state index contributed by atoms with van der Waals surface area (Å²) in [5.74, 6) is -0.0993. The van der Waals surface area contributed by atoms with Gasteiger partial charge in [-0.2, -0.15) is 5.10 Å². The van der Waals surface area contributed by atoms with E-state index in [0.717, 1.165) is 16.8 Å². The van der Waals surface area contributed by atoms with Gasteiger partial charge in [-0.15, -0.1) is 0 Å². The molecule has 6 heteroatoms. The topological polar surface area (TPSA) is 69.9 Å². The Hall–Kier alpha value is -2.63. The number of nitrogen functional groups attached to an aromatic ring is 1. The summed E-state index contributed by atoms with van der Waals surface area (Å²) >= 11 is 0. The number of rotatable bonds is 2. The number of benzene rings is 1. The SMILES string of the molecule is Cc1nn(C)cc1-c1noc(N)c1-c1ccc(F)cc1. The minimum Gasteiger partial charge on any atom is -0.367 e. The molecule has 1 aromatic carbocycles. The highest BCUT2D eigenvalue weighted by molar-refractivity contribution is 5.87. The van der Waals surface area contributed by atoms with Gasteiger partial charge in [0.2, 0.25) is 5.88 Å². The number of aryl methyl sites for hydroxylation is 2. The maximum atomic E-state index is 13.0. The molecule has 3 aromatic rings. The molecule has 0 aliphatic carbocycles. The molecule has 2 aromatic heterocycles. The molecule has 0 fully saturated rings. The normalized spacial score (nSPS) is 10.9. The van der Waals surface area contributed by atoms with Gasteiger partial charge in [0, 0.05) is 18.8 Å². The second kappa shape index (κ2) is 4.48. The van der Waals surface area contributed by atoms with Gasteiger partial charge in [0.05, 0.1) is 11.3 Å². The number of halogens is 1. The fourth-order valence-electron chi connectivity index (χ4n) is 2.21. The Bertz CT molecular complexity index is 758. The highest BCUT2D eigenvalue weighted by atomic mass is 19.1. The van der Waals surface area contributed by atoms with Crippen molar-refractivity contribution in [2.75, 3.05) is 5.73 Å². The first-order valence-corrected chi connectivity index (χ1v) is 6.08. The van der Waals surface area contributed by atoms with E-state index in [1.54, 1.807) is 16.8 Å². The molecular formula is C14H13FN4O. The second-order valence-electron chi connectivity index (χ2n) is 4.58. The van der Waals surface area contributed by atoms with Gasteiger partial charge in [-0.05, 0) is 24.6 Å². The third kappa shape index (κ3) is 1.95. The van der Waals surface area contributed by atoms with E-state index in [1.807, 2.05) is 20.2 Å². The molecule has 0 bridgehead atoms. The van der Waals surface area contributed by atoms with Crippen LogP contribution in [0.5, 0.6) is 0 Å². The van der Waals surface area contributed by atoms with Crippen LogP contribution in [0.1, 0.15) is 5.69 Å². The van der Waals surface area contributed by atoms with Gasteiger partial charge in [-0.1, -0.05) is 17.3 Å². The van der Waals surface area contributed by atoms with Crippen molar-refractivity contribution in [3.05, 3.63) is 42.0 Å². The van der Waals surface area contributed by atoms with Crippen molar-refractivity contribution in [1.82, 2.24) is 14.9 Å². The van der Waals surface area contributed by atoms with Crippen LogP contribution in [-0.2, 0) is 7.05 Å². The van der Waals surface area contributed by atoms with Crippen LogP contribution in [-0.4, -0.2) is 14.9 Å². The summed E-state index contributed by atoms with van der Waals surface area (Å²) in [4.78, 5) is 0. The quantitative estimate of drug-likeness (QED) is 0.778. The molecule has 102 valence electrons. The lowest BCUT2D eigenvalue weighted by Crippen LogP contribution is -1.88. The third-order valence-corrected chi connectivity index (χ3v) is 3.12. The third-order valence-electron chi connectivity index (χ3n) is 3.12. The number of hydrogen-bond donors (Lipinski definition) is 1. The Labute approximate surface area is 114 Å². The molecule has 0 amide bonds. The molecule has 0 unspecified atom stereocenters. The molecular weight excluding hydrogens is 259 g/mol. The number of nitrogens with two attached hydrogens (primary N) is 1. The molecule has 0 radical (unpaired) electrons. The van der Waals surface area contributed by atoms with Crippen LogP contribution < -0.4 is 5.73 Å². The lowest BCUT2D eigenvalue weighted by atomic mass is 10.0. The van der Waals surface area contributed by atoms with Crippen LogP contribution in [0.15, 0.2) is 35.0 Å². The standard InChI is InChI=1S/C14H13FN4O/c1-8-11(7-19(2)17-8)13-12(14(16)20-18-13)9-3-5-10(15)6-4-9/h3-7H,16H2,1-2H3. The number of aromatic nitrogens is 3. The van der Waals surface area contributed by atoms with E-state index >= 15 is 0 Å². The van der Waals surface area contributed by atoms with E-state index in [1.165, 1.54) is 12.1 Å². The average Bonchev–Trinajstić information content (AvgIpc) is 2.93. The van der Waals surface area contributed by atoms with Gasteiger partial charge in [0.15, 0.2) is 0 Å². The van der Waals surface area contributed by atoms with Gasteiger partial charge in [-0.3, -0.25) is 4.68 Å². The molecule has 0 atom stereocenters. The van der Waals surface area contributed by atoms with Crippen molar-refractivity contribution >= 4 is 5.88 Å². The maximum absolute atomic E-state index is 13.0. The number of nitrogens with zero attached hydrogens (tertiary/aromatic N) is 3. The molecule has 0 aliphatic heterocycles. The summed E-state index contributed by atoms with van der Waals surface area (Å²) in [6.45, 7) is 1.88. The Balaban J connectivity index is 2.19. The molecule has 0 spiro atoms. The predicted octanol–water partition coefficient (Wildman–Crippen LogP) is 2.77. The Kier molecular flexibility index (Phi) is 2.78. The Morgan fingerprint density at radius 2 is 1.95 bits per heavy atom. The van der Waals surface area contributed by atoms with E-state index in [9.17, 15) is 4.39 Å². The van der Waals surface area contributed by atoms with E-state index in [2.05, 4.69) is 10.3 Å². The monoisotopic (exact) mass is 272 g/mol. The number of hydrogen-bond acceptors (Lipinski definition) is 4. The Morgan fingerprint density at radius 3 is 2.55 bits per heavy atom. The summed E-state index contributed by atoms with van der Waals surface area (Å²) < 4.78 is 19.8. The predicted molar refractivity (Wildman–Crippen MR) is 73.2 cm³/mol. The van der Waals surface area contributed by atoms with Crippen LogP contribution in [0.25, 0.3) is 22.4 Å². The summed E-state index contributed by atoms with van der Waals surface area (Å²) in [6, 6.07) is 6.05. The van der Waals surface area contributed by atoms with Crippen molar-refractivity contribution in [2.45, 2.75) is 6.92 Å². The molecule has 2 heterocycles. The second-order valence-corrected chi connectivity index (χ2v) is 4.58. The first-order valence-electron chi connectivity index (χ1n) is 6.08. The van der Waals surface area contributed by atoms with Crippen molar-refractivity contribution in [2.24, 2.45) is 7.05 Å². The van der Waals surface area contributed by atoms with Crippen LogP contribution in [0, 0.1) is 12.7 Å². The number of anilines is 1. The van der Waals surface area contributed by atoms with Crippen molar-refractivity contribution < 1.29 is 8.91 Å². The van der Waals surface area contributed by atoms with Crippen LogP contribution in [0.4, 0.5) is 10.3 Å². The largest absolute Gasteiger partial charge is 0.367 e. The molecule has 20 heavy (non-hydrogen) atoms. The van der Waals surface area contributed by atoms with Gasteiger partial charge >= 0.3 is 0 Å². The zero-order chi connectivity index (χ0) is 14.3. The summed E-state index contributed by atoms with van der Waals surface area (Å²) in [5.41, 5.74) is 9.54. The highest BCUT2D eigenvalue weighted by Crippen LogP contribution is 2.37. The highest BCUT2D eigenvalue weighted by Gasteiger charge is 2.20. The molecule has 0 saturated heterocycles. The first kappa shape index (κ1) is 12.4. The lowest BCUT2D eigenvalue weighted by molar-refractivity contribution is 0.439. The molecule has 3 rings (SSSR count). The lowest BCUT2D eigenvalue weighted by Gasteiger charge is -2.01. The van der Waals surface area contributed by atoms with E-state index in [4.69, 9.17) is 10.3 Å². The zero-order valence-electron chi connectivity index (χ0n) is 11.1. The average molecular weight is 272 g/mol. The minimum absolute atomic E-state index is 0.204. The van der Waals surface area contributed by atoms with E-state index in [-0.39, 0.29) is 11.7 Å². The fraction of sp³-hybridized carbons (Fsp3) is 0.143. The molecule has 2 N–H and O–H groups in total. The molecule has 5 nitrogen and oxygen atoms in total. The smallest absolute Gasteiger partial charge is 0.230 e. The molecule has 0 saturated carbocycles. The minimum atomic E-state index is -0.303. The van der Waals surface area contributed by atoms with E-state index in [0.29, 0.717) is 11.3 Å². The van der Waals surface area contributed by atoms with Crippen molar-refractivity contribution in [1.29, 1.82) is 0 Å². The van der Waals surface area contributed by atoms with Crippen LogP contribution >= 0.6 is 0 Å². The maximum Gasteiger partial charge on any atom is 0.230 e. The van der Waals surface area contributed by atoms with Gasteiger partial charge < -0.3 is 10.3 Å². The van der Waals surface area contributed by atoms with Crippen molar-refractivity contribution in [3.63, 3.8) is 0 Å². The van der Waals surface area contributed by atoms with Crippen molar-refractivity contribution in [3.8, 4) is 22.4 Å². The molecule has 0 aliphatic rings. The summed E-state index contributed by atoms with van der Waals surface area (Å²) in [5, 5.41) is 8.29. The summed E-state index contributed by atoms with van der Waals surface area (Å²) in [6.07, 6.45) is 1.85. The first-order chi connectivity index (χ1) is 9.56. The van der Waals surface area contributed by atoms with E-state index < -0.39 is 0 Å². The summed E-state index contributed by atoms with van der Waals surface area (Å²) in [7, 11) is 1.83. The van der Waals surface area contributed by atoms with Gasteiger partial charge in [-0.25, -0.2) is 4.39 Å².